The third-order valence-electron chi connectivity index (χ3n) is 6.95. The average molecular weight is 481 g/mol. The monoisotopic (exact) mass is 480 g/mol. The van der Waals surface area contributed by atoms with Gasteiger partial charge in [0.15, 0.2) is 0 Å². The van der Waals surface area contributed by atoms with Crippen LogP contribution < -0.4 is 9.46 Å². The van der Waals surface area contributed by atoms with Gasteiger partial charge in [-0.3, -0.25) is 4.79 Å². The summed E-state index contributed by atoms with van der Waals surface area (Å²) in [6.07, 6.45) is 11.9. The van der Waals surface area contributed by atoms with Crippen molar-refractivity contribution < 1.29 is 17.9 Å². The van der Waals surface area contributed by atoms with Crippen molar-refractivity contribution in [3.8, 4) is 18.1 Å². The van der Waals surface area contributed by atoms with Crippen LogP contribution >= 0.6 is 0 Å². The molecule has 2 aromatic rings. The molecule has 6 nitrogen and oxygen atoms in total. The highest BCUT2D eigenvalue weighted by atomic mass is 32.2. The molecular formula is C27H32N2O4S. The van der Waals surface area contributed by atoms with Crippen molar-refractivity contribution in [2.75, 3.05) is 7.11 Å². The molecule has 180 valence electrons. The first kappa shape index (κ1) is 24.3. The van der Waals surface area contributed by atoms with Crippen molar-refractivity contribution in [2.45, 2.75) is 74.9 Å². The molecule has 7 heteroatoms. The van der Waals surface area contributed by atoms with Gasteiger partial charge >= 0.3 is 0 Å². The molecule has 1 saturated carbocycles. The minimum atomic E-state index is -3.57. The fourth-order valence-electron chi connectivity index (χ4n) is 4.89. The van der Waals surface area contributed by atoms with Crippen molar-refractivity contribution in [2.24, 2.45) is 0 Å². The second-order valence-corrected chi connectivity index (χ2v) is 10.9. The second kappa shape index (κ2) is 10.2. The van der Waals surface area contributed by atoms with E-state index in [0.717, 1.165) is 61.0 Å². The Morgan fingerprint density at radius 1 is 1.21 bits per heavy atom. The van der Waals surface area contributed by atoms with Crippen LogP contribution in [0.3, 0.4) is 0 Å². The SMILES string of the molecule is C#CC(=O)N1[C@@H](CCCC)Cc2cc(OC)ccc2[C@@H]1c1ccc(S(=O)(=O)NC2CCC2)cc1. The van der Waals surface area contributed by atoms with E-state index in [2.05, 4.69) is 17.6 Å². The molecule has 0 bridgehead atoms. The third kappa shape index (κ3) is 4.84. The van der Waals surface area contributed by atoms with Gasteiger partial charge in [-0.15, -0.1) is 6.42 Å². The van der Waals surface area contributed by atoms with Gasteiger partial charge in [-0.05, 0) is 72.6 Å². The van der Waals surface area contributed by atoms with Gasteiger partial charge in [0, 0.05) is 12.1 Å². The van der Waals surface area contributed by atoms with E-state index in [4.69, 9.17) is 11.2 Å². The molecule has 2 aliphatic rings. The van der Waals surface area contributed by atoms with Crippen LogP contribution in [-0.4, -0.2) is 38.4 Å². The lowest BCUT2D eigenvalue weighted by Crippen LogP contribution is -2.47. The average Bonchev–Trinajstić information content (AvgIpc) is 2.83. The first-order valence-electron chi connectivity index (χ1n) is 12.0. The van der Waals surface area contributed by atoms with E-state index in [1.165, 1.54) is 0 Å². The van der Waals surface area contributed by atoms with E-state index in [-0.39, 0.29) is 22.9 Å². The quantitative estimate of drug-likeness (QED) is 0.575. The summed E-state index contributed by atoms with van der Waals surface area (Å²) in [5.41, 5.74) is 2.94. The first-order valence-corrected chi connectivity index (χ1v) is 13.4. The Kier molecular flexibility index (Phi) is 7.30. The number of unbranched alkanes of at least 4 members (excludes halogenated alkanes) is 1. The number of terminal acetylenes is 1. The maximum absolute atomic E-state index is 13.0. The summed E-state index contributed by atoms with van der Waals surface area (Å²) in [5, 5.41) is 0. The van der Waals surface area contributed by atoms with E-state index in [9.17, 15) is 13.2 Å². The van der Waals surface area contributed by atoms with Crippen LogP contribution in [0.1, 0.15) is 68.2 Å². The lowest BCUT2D eigenvalue weighted by atomic mass is 9.83. The van der Waals surface area contributed by atoms with Crippen molar-refractivity contribution in [1.29, 1.82) is 0 Å². The van der Waals surface area contributed by atoms with Crippen molar-refractivity contribution in [3.63, 3.8) is 0 Å². The Morgan fingerprint density at radius 2 is 1.94 bits per heavy atom. The number of hydrogen-bond donors (Lipinski definition) is 1. The number of nitrogens with zero attached hydrogens (tertiary/aromatic N) is 1. The van der Waals surface area contributed by atoms with Gasteiger partial charge in [-0.1, -0.05) is 44.4 Å². The largest absolute Gasteiger partial charge is 0.497 e. The highest BCUT2D eigenvalue weighted by Crippen LogP contribution is 2.41. The number of nitrogens with one attached hydrogen (secondary N) is 1. The summed E-state index contributed by atoms with van der Waals surface area (Å²) in [5.74, 6) is 2.74. The smallest absolute Gasteiger partial charge is 0.299 e. The normalized spacial score (nSPS) is 20.2. The number of carbonyl (C=O) groups excluding carboxylic acids is 1. The van der Waals surface area contributed by atoms with Crippen LogP contribution in [0.5, 0.6) is 5.75 Å². The van der Waals surface area contributed by atoms with Crippen LogP contribution in [0.2, 0.25) is 0 Å². The van der Waals surface area contributed by atoms with Crippen LogP contribution in [0.25, 0.3) is 0 Å². The van der Waals surface area contributed by atoms with E-state index in [1.54, 1.807) is 36.3 Å². The summed E-state index contributed by atoms with van der Waals surface area (Å²) < 4.78 is 33.7. The van der Waals surface area contributed by atoms with E-state index in [0.29, 0.717) is 6.42 Å². The lowest BCUT2D eigenvalue weighted by molar-refractivity contribution is -0.130. The molecule has 1 N–H and O–H groups in total. The number of rotatable bonds is 8. The molecule has 4 rings (SSSR count). The summed E-state index contributed by atoms with van der Waals surface area (Å²) in [7, 11) is -1.93. The summed E-state index contributed by atoms with van der Waals surface area (Å²) in [4.78, 5) is 15.0. The van der Waals surface area contributed by atoms with Gasteiger partial charge in [0.2, 0.25) is 10.0 Å². The molecule has 1 heterocycles. The van der Waals surface area contributed by atoms with E-state index >= 15 is 0 Å². The zero-order chi connectivity index (χ0) is 24.3. The predicted molar refractivity (Wildman–Crippen MR) is 132 cm³/mol. The molecular weight excluding hydrogens is 448 g/mol. The predicted octanol–water partition coefficient (Wildman–Crippen LogP) is 4.19. The van der Waals surface area contributed by atoms with Gasteiger partial charge in [0.1, 0.15) is 5.75 Å². The summed E-state index contributed by atoms with van der Waals surface area (Å²) >= 11 is 0. The molecule has 1 aliphatic carbocycles. The Bertz CT molecular complexity index is 1180. The number of benzene rings is 2. The van der Waals surface area contributed by atoms with Gasteiger partial charge in [-0.25, -0.2) is 13.1 Å². The number of hydrogen-bond acceptors (Lipinski definition) is 4. The standard InChI is InChI=1S/C27H32N2O4S/c1-4-6-10-22-17-20-18-23(33-3)13-16-25(20)27(29(22)26(30)5-2)19-11-14-24(15-12-19)34(31,32)28-21-8-7-9-21/h2,11-16,18,21-22,27-28H,4,6-10,17H2,1,3H3/t22-,27-/m0/s1. The van der Waals surface area contributed by atoms with Gasteiger partial charge < -0.3 is 9.64 Å². The minimum absolute atomic E-state index is 0.0212. The number of methoxy groups -OCH3 is 1. The number of carbonyl (C=O) groups is 1. The van der Waals surface area contributed by atoms with Crippen LogP contribution in [0, 0.1) is 12.3 Å². The molecule has 2 atom stereocenters. The number of fused-ring (bicyclic) bond motifs is 1. The van der Waals surface area contributed by atoms with Crippen LogP contribution in [0.4, 0.5) is 0 Å². The summed E-state index contributed by atoms with van der Waals surface area (Å²) in [6, 6.07) is 12.3. The fraction of sp³-hybridized carbons (Fsp3) is 0.444. The van der Waals surface area contributed by atoms with E-state index < -0.39 is 16.1 Å². The molecule has 34 heavy (non-hydrogen) atoms. The molecule has 0 saturated heterocycles. The zero-order valence-corrected chi connectivity index (χ0v) is 20.6. The molecule has 2 aromatic carbocycles. The second-order valence-electron chi connectivity index (χ2n) is 9.14. The maximum atomic E-state index is 13.0. The van der Waals surface area contributed by atoms with Gasteiger partial charge in [0.25, 0.3) is 5.91 Å². The van der Waals surface area contributed by atoms with Crippen LogP contribution in [0.15, 0.2) is 47.4 Å². The Balaban J connectivity index is 1.74. The molecule has 0 aromatic heterocycles. The molecule has 0 unspecified atom stereocenters. The molecule has 0 radical (unpaired) electrons. The highest BCUT2D eigenvalue weighted by Gasteiger charge is 2.38. The molecule has 1 fully saturated rings. The minimum Gasteiger partial charge on any atom is -0.497 e. The van der Waals surface area contributed by atoms with Crippen molar-refractivity contribution >= 4 is 15.9 Å². The number of ether oxygens (including phenoxy) is 1. The highest BCUT2D eigenvalue weighted by molar-refractivity contribution is 7.89. The van der Waals surface area contributed by atoms with Gasteiger partial charge in [0.05, 0.1) is 18.0 Å². The van der Waals surface area contributed by atoms with E-state index in [1.807, 2.05) is 18.2 Å². The fourth-order valence-corrected chi connectivity index (χ4v) is 6.19. The maximum Gasteiger partial charge on any atom is 0.299 e. The number of amides is 1. The Hall–Kier alpha value is -2.82. The Labute approximate surface area is 202 Å². The first-order chi connectivity index (χ1) is 16.4. The lowest BCUT2D eigenvalue weighted by Gasteiger charge is -2.43. The summed E-state index contributed by atoms with van der Waals surface area (Å²) in [6.45, 7) is 2.13. The molecule has 1 aliphatic heterocycles. The third-order valence-corrected chi connectivity index (χ3v) is 8.49. The van der Waals surface area contributed by atoms with Crippen molar-refractivity contribution in [1.82, 2.24) is 9.62 Å². The van der Waals surface area contributed by atoms with Crippen LogP contribution in [-0.2, 0) is 21.2 Å². The topological polar surface area (TPSA) is 75.7 Å². The van der Waals surface area contributed by atoms with Crippen molar-refractivity contribution in [3.05, 3.63) is 59.2 Å². The Morgan fingerprint density at radius 3 is 2.53 bits per heavy atom. The molecule has 1 amide bonds. The zero-order valence-electron chi connectivity index (χ0n) is 19.8. The van der Waals surface area contributed by atoms with Gasteiger partial charge in [-0.2, -0.15) is 0 Å². The number of sulfonamides is 1. The molecule has 0 spiro atoms.